The minimum atomic E-state index is 0.0814. The van der Waals surface area contributed by atoms with Crippen LogP contribution in [-0.4, -0.2) is 0 Å². The molecule has 66 valence electrons. The first-order valence-corrected chi connectivity index (χ1v) is 4.66. The predicted molar refractivity (Wildman–Crippen MR) is 50.4 cm³/mol. The minimum Gasteiger partial charge on any atom is -0.289 e. The molecule has 1 aromatic carbocycles. The van der Waals surface area contributed by atoms with Crippen LogP contribution in [0.1, 0.15) is 51.7 Å². The SMILES string of the molecule is CC(C)(C)c1c(C2(C)CC2)c1=O. The molecule has 0 N–H and O–H groups in total. The molecule has 0 aliphatic heterocycles. The number of hydrogen-bond acceptors (Lipinski definition) is 1. The Morgan fingerprint density at radius 3 is 2.00 bits per heavy atom. The molecule has 12 heavy (non-hydrogen) atoms. The summed E-state index contributed by atoms with van der Waals surface area (Å²) in [5, 5.41) is 0. The second-order valence-corrected chi connectivity index (χ2v) is 5.39. The van der Waals surface area contributed by atoms with Gasteiger partial charge in [0.15, 0.2) is 5.43 Å². The standard InChI is InChI=1S/C11H16O/c1-10(2,3)7-8(9(7)12)11(4)5-6-11/h5-6H2,1-4H3. The lowest BCUT2D eigenvalue weighted by Crippen LogP contribution is -2.09. The Bertz CT molecular complexity index is 307. The molecule has 0 spiro atoms. The third-order valence-corrected chi connectivity index (χ3v) is 3.00. The summed E-state index contributed by atoms with van der Waals surface area (Å²) in [5.41, 5.74) is 3.01. The normalized spacial score (nSPS) is 21.7. The first-order valence-electron chi connectivity index (χ1n) is 4.66. The van der Waals surface area contributed by atoms with E-state index in [1.165, 1.54) is 12.8 Å². The van der Waals surface area contributed by atoms with E-state index < -0.39 is 0 Å². The second-order valence-electron chi connectivity index (χ2n) is 5.39. The van der Waals surface area contributed by atoms with Crippen LogP contribution in [0.15, 0.2) is 4.79 Å². The van der Waals surface area contributed by atoms with E-state index in [2.05, 4.69) is 27.7 Å². The van der Waals surface area contributed by atoms with E-state index in [-0.39, 0.29) is 5.41 Å². The summed E-state index contributed by atoms with van der Waals surface area (Å²) in [4.78, 5) is 11.5. The van der Waals surface area contributed by atoms with Crippen molar-refractivity contribution in [2.45, 2.75) is 51.4 Å². The van der Waals surface area contributed by atoms with E-state index in [4.69, 9.17) is 0 Å². The molecule has 1 aliphatic rings. The Labute approximate surface area is 73.5 Å². The fourth-order valence-electron chi connectivity index (χ4n) is 1.90. The van der Waals surface area contributed by atoms with Crippen molar-refractivity contribution in [3.05, 3.63) is 21.4 Å². The Kier molecular flexibility index (Phi) is 1.23. The molecule has 0 atom stereocenters. The van der Waals surface area contributed by atoms with E-state index in [1.807, 2.05) is 0 Å². The van der Waals surface area contributed by atoms with Crippen LogP contribution in [0, 0.1) is 0 Å². The van der Waals surface area contributed by atoms with Gasteiger partial charge in [0.25, 0.3) is 0 Å². The molecular weight excluding hydrogens is 148 g/mol. The topological polar surface area (TPSA) is 17.1 Å². The Hall–Kier alpha value is -0.590. The maximum atomic E-state index is 11.5. The second kappa shape index (κ2) is 1.84. The number of rotatable bonds is 1. The number of hydrogen-bond donors (Lipinski definition) is 0. The van der Waals surface area contributed by atoms with Gasteiger partial charge in [0, 0.05) is 11.1 Å². The van der Waals surface area contributed by atoms with E-state index >= 15 is 0 Å². The molecule has 1 fully saturated rings. The molecule has 0 aromatic heterocycles. The van der Waals surface area contributed by atoms with Crippen LogP contribution >= 0.6 is 0 Å². The molecule has 1 aromatic rings. The average Bonchev–Trinajstić information content (AvgIpc) is 2.68. The lowest BCUT2D eigenvalue weighted by molar-refractivity contribution is 0.594. The van der Waals surface area contributed by atoms with Gasteiger partial charge in [0.2, 0.25) is 0 Å². The highest BCUT2D eigenvalue weighted by Crippen LogP contribution is 2.51. The predicted octanol–water partition coefficient (Wildman–Crippen LogP) is 2.27. The zero-order chi connectivity index (χ0) is 9.15. The lowest BCUT2D eigenvalue weighted by atomic mass is 9.91. The van der Waals surface area contributed by atoms with Crippen molar-refractivity contribution in [2.24, 2.45) is 0 Å². The van der Waals surface area contributed by atoms with Crippen LogP contribution in [-0.2, 0) is 10.8 Å². The van der Waals surface area contributed by atoms with Gasteiger partial charge in [-0.15, -0.1) is 0 Å². The van der Waals surface area contributed by atoms with Crippen LogP contribution in [0.5, 0.6) is 0 Å². The van der Waals surface area contributed by atoms with Crippen molar-refractivity contribution in [2.75, 3.05) is 0 Å². The van der Waals surface area contributed by atoms with E-state index in [9.17, 15) is 4.79 Å². The summed E-state index contributed by atoms with van der Waals surface area (Å²) >= 11 is 0. The van der Waals surface area contributed by atoms with Gasteiger partial charge in [-0.1, -0.05) is 27.7 Å². The fourth-order valence-corrected chi connectivity index (χ4v) is 1.90. The summed E-state index contributed by atoms with van der Waals surface area (Å²) in [7, 11) is 0. The molecule has 0 radical (unpaired) electrons. The zero-order valence-corrected chi connectivity index (χ0v) is 8.32. The zero-order valence-electron chi connectivity index (χ0n) is 8.32. The molecule has 1 heteroatoms. The monoisotopic (exact) mass is 164 g/mol. The third kappa shape index (κ3) is 0.954. The summed E-state index contributed by atoms with van der Waals surface area (Å²) in [6.45, 7) is 8.58. The summed E-state index contributed by atoms with van der Waals surface area (Å²) in [6, 6.07) is 0. The Morgan fingerprint density at radius 1 is 1.25 bits per heavy atom. The van der Waals surface area contributed by atoms with Gasteiger partial charge in [-0.05, 0) is 23.7 Å². The summed E-state index contributed by atoms with van der Waals surface area (Å²) in [6.07, 6.45) is 2.43. The fraction of sp³-hybridized carbons (Fsp3) is 0.727. The van der Waals surface area contributed by atoms with Crippen molar-refractivity contribution >= 4 is 0 Å². The van der Waals surface area contributed by atoms with E-state index in [1.54, 1.807) is 0 Å². The quantitative estimate of drug-likeness (QED) is 0.622. The molecule has 0 unspecified atom stereocenters. The largest absolute Gasteiger partial charge is 0.289 e. The smallest absolute Gasteiger partial charge is 0.186 e. The Morgan fingerprint density at radius 2 is 1.75 bits per heavy atom. The maximum Gasteiger partial charge on any atom is 0.186 e. The molecule has 0 bridgehead atoms. The van der Waals surface area contributed by atoms with Crippen molar-refractivity contribution in [1.82, 2.24) is 0 Å². The van der Waals surface area contributed by atoms with Crippen LogP contribution in [0.25, 0.3) is 0 Å². The molecule has 0 amide bonds. The van der Waals surface area contributed by atoms with Gasteiger partial charge in [0.05, 0.1) is 0 Å². The highest BCUT2D eigenvalue weighted by molar-refractivity contribution is 5.52. The molecule has 2 rings (SSSR count). The minimum absolute atomic E-state index is 0.0814. The molecule has 1 aliphatic carbocycles. The molecular formula is C11H16O. The average molecular weight is 164 g/mol. The highest BCUT2D eigenvalue weighted by atomic mass is 16.1. The van der Waals surface area contributed by atoms with Crippen LogP contribution < -0.4 is 5.43 Å². The molecule has 0 saturated heterocycles. The van der Waals surface area contributed by atoms with Gasteiger partial charge >= 0.3 is 0 Å². The van der Waals surface area contributed by atoms with Crippen molar-refractivity contribution < 1.29 is 0 Å². The van der Waals surface area contributed by atoms with Gasteiger partial charge < -0.3 is 0 Å². The third-order valence-electron chi connectivity index (χ3n) is 3.00. The van der Waals surface area contributed by atoms with Gasteiger partial charge in [-0.2, -0.15) is 0 Å². The summed E-state index contributed by atoms with van der Waals surface area (Å²) < 4.78 is 0. The first kappa shape index (κ1) is 8.03. The van der Waals surface area contributed by atoms with Crippen LogP contribution in [0.4, 0.5) is 0 Å². The maximum absolute atomic E-state index is 11.5. The van der Waals surface area contributed by atoms with Gasteiger partial charge in [-0.25, -0.2) is 0 Å². The Balaban J connectivity index is 2.33. The van der Waals surface area contributed by atoms with Crippen LogP contribution in [0.2, 0.25) is 0 Å². The highest BCUT2D eigenvalue weighted by Gasteiger charge is 2.50. The van der Waals surface area contributed by atoms with Crippen molar-refractivity contribution in [3.8, 4) is 0 Å². The van der Waals surface area contributed by atoms with Gasteiger partial charge in [0.1, 0.15) is 0 Å². The lowest BCUT2D eigenvalue weighted by Gasteiger charge is -2.12. The molecule has 1 saturated carbocycles. The first-order chi connectivity index (χ1) is 5.36. The summed E-state index contributed by atoms with van der Waals surface area (Å²) in [5.74, 6) is 0. The van der Waals surface area contributed by atoms with E-state index in [0.717, 1.165) is 11.1 Å². The van der Waals surface area contributed by atoms with E-state index in [0.29, 0.717) is 10.8 Å². The van der Waals surface area contributed by atoms with Gasteiger partial charge in [-0.3, -0.25) is 4.79 Å². The van der Waals surface area contributed by atoms with Crippen molar-refractivity contribution in [3.63, 3.8) is 0 Å². The molecule has 0 heterocycles. The molecule has 1 nitrogen and oxygen atoms in total. The van der Waals surface area contributed by atoms with Crippen LogP contribution in [0.3, 0.4) is 0 Å². The van der Waals surface area contributed by atoms with Crippen molar-refractivity contribution in [1.29, 1.82) is 0 Å².